The first-order chi connectivity index (χ1) is 8.30. The van der Waals surface area contributed by atoms with Gasteiger partial charge in [-0.2, -0.15) is 0 Å². The Kier molecular flexibility index (Phi) is 3.61. The molecule has 0 heterocycles. The topological polar surface area (TPSA) is 21.3 Å². The highest BCUT2D eigenvalue weighted by atomic mass is 35.5. The summed E-state index contributed by atoms with van der Waals surface area (Å²) >= 11 is 6.02. The standard InChI is InChI=1S/C15H22ClNO/c1-11-9-12(5-6-13(11)16)18-15(7-8-15)10-17-14(2,3)4/h5-6,9,17H,7-8,10H2,1-4H3. The molecule has 0 bridgehead atoms. The Balaban J connectivity index is 1.98. The van der Waals surface area contributed by atoms with Crippen LogP contribution in [0.3, 0.4) is 0 Å². The number of aryl methyl sites for hydroxylation is 1. The molecule has 0 atom stereocenters. The molecule has 0 aromatic heterocycles. The molecule has 3 heteroatoms. The molecule has 18 heavy (non-hydrogen) atoms. The molecule has 2 rings (SSSR count). The molecule has 1 aliphatic rings. The third-order valence-corrected chi connectivity index (χ3v) is 3.64. The lowest BCUT2D eigenvalue weighted by molar-refractivity contribution is 0.164. The van der Waals surface area contributed by atoms with Crippen molar-refractivity contribution in [2.75, 3.05) is 6.54 Å². The van der Waals surface area contributed by atoms with Crippen LogP contribution in [-0.4, -0.2) is 17.7 Å². The lowest BCUT2D eigenvalue weighted by Gasteiger charge is -2.26. The minimum Gasteiger partial charge on any atom is -0.486 e. The summed E-state index contributed by atoms with van der Waals surface area (Å²) in [6.45, 7) is 9.43. The Morgan fingerprint density at radius 2 is 2.00 bits per heavy atom. The predicted octanol–water partition coefficient (Wildman–Crippen LogP) is 3.95. The number of ether oxygens (including phenoxy) is 1. The van der Waals surface area contributed by atoms with Gasteiger partial charge < -0.3 is 10.1 Å². The number of rotatable bonds is 4. The molecular formula is C15H22ClNO. The molecule has 1 saturated carbocycles. The predicted molar refractivity (Wildman–Crippen MR) is 76.5 cm³/mol. The van der Waals surface area contributed by atoms with Crippen LogP contribution in [0.4, 0.5) is 0 Å². The number of halogens is 1. The van der Waals surface area contributed by atoms with E-state index in [1.165, 1.54) is 0 Å². The molecule has 1 aliphatic carbocycles. The molecular weight excluding hydrogens is 246 g/mol. The van der Waals surface area contributed by atoms with E-state index in [0.717, 1.165) is 35.7 Å². The largest absolute Gasteiger partial charge is 0.486 e. The van der Waals surface area contributed by atoms with Gasteiger partial charge in [-0.05, 0) is 64.3 Å². The number of hydrogen-bond acceptors (Lipinski definition) is 2. The molecule has 0 radical (unpaired) electrons. The highest BCUT2D eigenvalue weighted by molar-refractivity contribution is 6.31. The van der Waals surface area contributed by atoms with Gasteiger partial charge in [-0.25, -0.2) is 0 Å². The molecule has 0 saturated heterocycles. The summed E-state index contributed by atoms with van der Waals surface area (Å²) in [6.07, 6.45) is 2.25. The first-order valence-corrected chi connectivity index (χ1v) is 6.88. The van der Waals surface area contributed by atoms with Crippen molar-refractivity contribution in [1.29, 1.82) is 0 Å². The minimum absolute atomic E-state index is 0.00640. The Morgan fingerprint density at radius 1 is 1.33 bits per heavy atom. The average Bonchev–Trinajstić information content (AvgIpc) is 3.01. The Bertz CT molecular complexity index is 433. The molecule has 1 N–H and O–H groups in total. The zero-order valence-electron chi connectivity index (χ0n) is 11.6. The van der Waals surface area contributed by atoms with E-state index in [1.807, 2.05) is 25.1 Å². The second kappa shape index (κ2) is 4.75. The average molecular weight is 268 g/mol. The van der Waals surface area contributed by atoms with Crippen molar-refractivity contribution < 1.29 is 4.74 Å². The lowest BCUT2D eigenvalue weighted by atomic mass is 10.1. The van der Waals surface area contributed by atoms with Crippen molar-refractivity contribution in [1.82, 2.24) is 5.32 Å². The van der Waals surface area contributed by atoms with Gasteiger partial charge in [0.15, 0.2) is 0 Å². The third-order valence-electron chi connectivity index (χ3n) is 3.21. The normalized spacial score (nSPS) is 17.6. The van der Waals surface area contributed by atoms with E-state index in [9.17, 15) is 0 Å². The van der Waals surface area contributed by atoms with Gasteiger partial charge in [0.2, 0.25) is 0 Å². The highest BCUT2D eigenvalue weighted by Gasteiger charge is 2.45. The fourth-order valence-electron chi connectivity index (χ4n) is 1.81. The van der Waals surface area contributed by atoms with Crippen molar-refractivity contribution in [3.63, 3.8) is 0 Å². The third kappa shape index (κ3) is 3.63. The molecule has 0 spiro atoms. The summed E-state index contributed by atoms with van der Waals surface area (Å²) in [7, 11) is 0. The second-order valence-electron chi connectivity index (χ2n) is 6.30. The Morgan fingerprint density at radius 3 is 2.50 bits per heavy atom. The van der Waals surface area contributed by atoms with Crippen LogP contribution in [0, 0.1) is 6.92 Å². The van der Waals surface area contributed by atoms with Crippen molar-refractivity contribution in [3.8, 4) is 5.75 Å². The number of hydrogen-bond donors (Lipinski definition) is 1. The van der Waals surface area contributed by atoms with Gasteiger partial charge in [0.05, 0.1) is 0 Å². The van der Waals surface area contributed by atoms with E-state index in [4.69, 9.17) is 16.3 Å². The van der Waals surface area contributed by atoms with Gasteiger partial charge in [-0.1, -0.05) is 11.6 Å². The maximum Gasteiger partial charge on any atom is 0.122 e. The molecule has 0 aliphatic heterocycles. The summed E-state index contributed by atoms with van der Waals surface area (Å²) in [5, 5.41) is 4.31. The van der Waals surface area contributed by atoms with E-state index >= 15 is 0 Å². The fraction of sp³-hybridized carbons (Fsp3) is 0.600. The summed E-state index contributed by atoms with van der Waals surface area (Å²) in [6, 6.07) is 5.87. The zero-order chi connectivity index (χ0) is 13.4. The van der Waals surface area contributed by atoms with Crippen LogP contribution in [0.15, 0.2) is 18.2 Å². The van der Waals surface area contributed by atoms with Crippen LogP contribution >= 0.6 is 11.6 Å². The summed E-state index contributed by atoms with van der Waals surface area (Å²) < 4.78 is 6.12. The van der Waals surface area contributed by atoms with Crippen LogP contribution in [0.2, 0.25) is 5.02 Å². The molecule has 100 valence electrons. The van der Waals surface area contributed by atoms with Crippen molar-refractivity contribution in [3.05, 3.63) is 28.8 Å². The van der Waals surface area contributed by atoms with Gasteiger partial charge in [-0.3, -0.25) is 0 Å². The van der Waals surface area contributed by atoms with E-state index in [0.29, 0.717) is 0 Å². The van der Waals surface area contributed by atoms with E-state index in [1.54, 1.807) is 0 Å². The SMILES string of the molecule is Cc1cc(OC2(CNC(C)(C)C)CC2)ccc1Cl. The van der Waals surface area contributed by atoms with Crippen LogP contribution in [0.25, 0.3) is 0 Å². The molecule has 1 aromatic rings. The first-order valence-electron chi connectivity index (χ1n) is 6.50. The van der Waals surface area contributed by atoms with Crippen molar-refractivity contribution >= 4 is 11.6 Å². The Hall–Kier alpha value is -0.730. The second-order valence-corrected chi connectivity index (χ2v) is 6.71. The summed E-state index contributed by atoms with van der Waals surface area (Å²) in [5.74, 6) is 0.921. The quantitative estimate of drug-likeness (QED) is 0.892. The van der Waals surface area contributed by atoms with Gasteiger partial charge in [-0.15, -0.1) is 0 Å². The maximum atomic E-state index is 6.12. The summed E-state index contributed by atoms with van der Waals surface area (Å²) in [4.78, 5) is 0. The summed E-state index contributed by atoms with van der Waals surface area (Å²) in [5.41, 5.74) is 1.19. The maximum absolute atomic E-state index is 6.12. The first kappa shape index (κ1) is 13.7. The van der Waals surface area contributed by atoms with E-state index < -0.39 is 0 Å². The highest BCUT2D eigenvalue weighted by Crippen LogP contribution is 2.40. The van der Waals surface area contributed by atoms with E-state index in [-0.39, 0.29) is 11.1 Å². The molecule has 2 nitrogen and oxygen atoms in total. The van der Waals surface area contributed by atoms with Crippen molar-refractivity contribution in [2.45, 2.75) is 51.7 Å². The van der Waals surface area contributed by atoms with E-state index in [2.05, 4.69) is 26.1 Å². The van der Waals surface area contributed by atoms with Gasteiger partial charge in [0.25, 0.3) is 0 Å². The smallest absolute Gasteiger partial charge is 0.122 e. The van der Waals surface area contributed by atoms with Gasteiger partial charge in [0.1, 0.15) is 11.4 Å². The Labute approximate surface area is 115 Å². The van der Waals surface area contributed by atoms with Crippen LogP contribution in [0.1, 0.15) is 39.2 Å². The minimum atomic E-state index is -0.00640. The number of nitrogens with one attached hydrogen (secondary N) is 1. The van der Waals surface area contributed by atoms with Crippen molar-refractivity contribution in [2.24, 2.45) is 0 Å². The molecule has 0 unspecified atom stereocenters. The molecule has 1 fully saturated rings. The zero-order valence-corrected chi connectivity index (χ0v) is 12.4. The van der Waals surface area contributed by atoms with Crippen LogP contribution in [-0.2, 0) is 0 Å². The molecule has 0 amide bonds. The number of benzene rings is 1. The van der Waals surface area contributed by atoms with Crippen LogP contribution in [0.5, 0.6) is 5.75 Å². The monoisotopic (exact) mass is 267 g/mol. The lowest BCUT2D eigenvalue weighted by Crippen LogP contribution is -2.43. The fourth-order valence-corrected chi connectivity index (χ4v) is 1.93. The van der Waals surface area contributed by atoms with Crippen LogP contribution < -0.4 is 10.1 Å². The van der Waals surface area contributed by atoms with Gasteiger partial charge in [0, 0.05) is 17.1 Å². The van der Waals surface area contributed by atoms with Gasteiger partial charge >= 0.3 is 0 Å². The molecule has 1 aromatic carbocycles.